The SMILES string of the molecule is COc1c(-c2nc(C(C)C)cs2)cnc2ccccc12. The van der Waals surface area contributed by atoms with E-state index in [1.807, 2.05) is 30.5 Å². The van der Waals surface area contributed by atoms with E-state index >= 15 is 0 Å². The zero-order valence-electron chi connectivity index (χ0n) is 11.8. The van der Waals surface area contributed by atoms with Crippen LogP contribution in [0.1, 0.15) is 25.5 Å². The van der Waals surface area contributed by atoms with Crippen molar-refractivity contribution in [2.75, 3.05) is 7.11 Å². The van der Waals surface area contributed by atoms with Gasteiger partial charge in [-0.2, -0.15) is 0 Å². The number of benzene rings is 1. The monoisotopic (exact) mass is 284 g/mol. The van der Waals surface area contributed by atoms with Gasteiger partial charge < -0.3 is 4.74 Å². The highest BCUT2D eigenvalue weighted by molar-refractivity contribution is 7.13. The number of nitrogens with zero attached hydrogens (tertiary/aromatic N) is 2. The summed E-state index contributed by atoms with van der Waals surface area (Å²) in [5.41, 5.74) is 3.01. The molecule has 0 saturated carbocycles. The summed E-state index contributed by atoms with van der Waals surface area (Å²) in [7, 11) is 1.70. The van der Waals surface area contributed by atoms with E-state index in [1.54, 1.807) is 18.4 Å². The van der Waals surface area contributed by atoms with Crippen molar-refractivity contribution in [2.24, 2.45) is 0 Å². The smallest absolute Gasteiger partial charge is 0.140 e. The molecule has 4 heteroatoms. The standard InChI is InChI=1S/C16H16N2OS/c1-10(2)14-9-20-16(18-14)12-8-17-13-7-5-4-6-11(13)15(12)19-3/h4-10H,1-3H3. The minimum Gasteiger partial charge on any atom is -0.495 e. The molecule has 0 N–H and O–H groups in total. The molecule has 3 aromatic rings. The third-order valence-electron chi connectivity index (χ3n) is 3.27. The van der Waals surface area contributed by atoms with Crippen LogP contribution in [0, 0.1) is 0 Å². The summed E-state index contributed by atoms with van der Waals surface area (Å²) in [6, 6.07) is 8.00. The van der Waals surface area contributed by atoms with Crippen molar-refractivity contribution in [2.45, 2.75) is 19.8 Å². The van der Waals surface area contributed by atoms with E-state index in [4.69, 9.17) is 9.72 Å². The largest absolute Gasteiger partial charge is 0.495 e. The van der Waals surface area contributed by atoms with Crippen LogP contribution < -0.4 is 4.74 Å². The van der Waals surface area contributed by atoms with Gasteiger partial charge in [-0.15, -0.1) is 11.3 Å². The Hall–Kier alpha value is -1.94. The fourth-order valence-corrected chi connectivity index (χ4v) is 3.15. The van der Waals surface area contributed by atoms with Crippen LogP contribution in [0.15, 0.2) is 35.8 Å². The number of methoxy groups -OCH3 is 1. The number of hydrogen-bond donors (Lipinski definition) is 0. The molecular weight excluding hydrogens is 268 g/mol. The van der Waals surface area contributed by atoms with E-state index in [0.29, 0.717) is 5.92 Å². The van der Waals surface area contributed by atoms with E-state index in [1.165, 1.54) is 0 Å². The van der Waals surface area contributed by atoms with Gasteiger partial charge >= 0.3 is 0 Å². The summed E-state index contributed by atoms with van der Waals surface area (Å²) >= 11 is 1.64. The van der Waals surface area contributed by atoms with E-state index in [9.17, 15) is 0 Å². The number of pyridine rings is 1. The first kappa shape index (κ1) is 13.1. The summed E-state index contributed by atoms with van der Waals surface area (Å²) in [6.07, 6.45) is 1.85. The predicted octanol–water partition coefficient (Wildman–Crippen LogP) is 4.49. The van der Waals surface area contributed by atoms with Gasteiger partial charge in [0.25, 0.3) is 0 Å². The van der Waals surface area contributed by atoms with Crippen LogP contribution in [0.2, 0.25) is 0 Å². The van der Waals surface area contributed by atoms with E-state index < -0.39 is 0 Å². The maximum Gasteiger partial charge on any atom is 0.140 e. The second-order valence-corrected chi connectivity index (χ2v) is 5.81. The van der Waals surface area contributed by atoms with Crippen molar-refractivity contribution in [3.05, 3.63) is 41.5 Å². The molecule has 1 aromatic carbocycles. The van der Waals surface area contributed by atoms with Gasteiger partial charge in [0, 0.05) is 17.0 Å². The number of aromatic nitrogens is 2. The quantitative estimate of drug-likeness (QED) is 0.710. The lowest BCUT2D eigenvalue weighted by Gasteiger charge is -2.09. The average molecular weight is 284 g/mol. The molecule has 0 atom stereocenters. The Morgan fingerprint density at radius 1 is 1.20 bits per heavy atom. The first-order chi connectivity index (χ1) is 9.70. The van der Waals surface area contributed by atoms with Crippen LogP contribution in [0.25, 0.3) is 21.5 Å². The maximum atomic E-state index is 5.61. The van der Waals surface area contributed by atoms with Crippen molar-refractivity contribution >= 4 is 22.2 Å². The van der Waals surface area contributed by atoms with Crippen LogP contribution >= 0.6 is 11.3 Å². The lowest BCUT2D eigenvalue weighted by molar-refractivity contribution is 0.421. The average Bonchev–Trinajstić information content (AvgIpc) is 2.95. The molecule has 2 heterocycles. The first-order valence-corrected chi connectivity index (χ1v) is 7.46. The Morgan fingerprint density at radius 2 is 2.00 bits per heavy atom. The predicted molar refractivity (Wildman–Crippen MR) is 83.5 cm³/mol. The molecule has 0 fully saturated rings. The number of thiazole rings is 1. The molecule has 0 aliphatic heterocycles. The Kier molecular flexibility index (Phi) is 3.40. The Bertz CT molecular complexity index is 749. The molecule has 0 aliphatic carbocycles. The Labute approximate surface area is 122 Å². The molecule has 102 valence electrons. The second kappa shape index (κ2) is 5.21. The molecule has 3 rings (SSSR count). The molecule has 0 bridgehead atoms. The van der Waals surface area contributed by atoms with Crippen LogP contribution in [0.5, 0.6) is 5.75 Å². The molecule has 0 saturated heterocycles. The van der Waals surface area contributed by atoms with Crippen LogP contribution in [-0.4, -0.2) is 17.1 Å². The van der Waals surface area contributed by atoms with Gasteiger partial charge in [-0.3, -0.25) is 4.98 Å². The van der Waals surface area contributed by atoms with E-state index in [2.05, 4.69) is 24.2 Å². The molecule has 0 unspecified atom stereocenters. The van der Waals surface area contributed by atoms with Crippen molar-refractivity contribution in [1.29, 1.82) is 0 Å². The lowest BCUT2D eigenvalue weighted by Crippen LogP contribution is -1.92. The molecule has 0 spiro atoms. The Balaban J connectivity index is 2.19. The zero-order chi connectivity index (χ0) is 14.1. The van der Waals surface area contributed by atoms with Gasteiger partial charge in [0.1, 0.15) is 10.8 Å². The van der Waals surface area contributed by atoms with Crippen LogP contribution in [-0.2, 0) is 0 Å². The lowest BCUT2D eigenvalue weighted by atomic mass is 10.1. The van der Waals surface area contributed by atoms with Gasteiger partial charge in [-0.25, -0.2) is 4.98 Å². The van der Waals surface area contributed by atoms with Crippen molar-refractivity contribution in [3.8, 4) is 16.3 Å². The highest BCUT2D eigenvalue weighted by atomic mass is 32.1. The van der Waals surface area contributed by atoms with Gasteiger partial charge in [0.05, 0.1) is 23.9 Å². The van der Waals surface area contributed by atoms with Gasteiger partial charge in [0.15, 0.2) is 0 Å². The van der Waals surface area contributed by atoms with Crippen LogP contribution in [0.3, 0.4) is 0 Å². The minimum absolute atomic E-state index is 0.430. The van der Waals surface area contributed by atoms with Gasteiger partial charge in [0.2, 0.25) is 0 Å². The summed E-state index contributed by atoms with van der Waals surface area (Å²) < 4.78 is 5.61. The fourth-order valence-electron chi connectivity index (χ4n) is 2.16. The molecule has 0 amide bonds. The number of ether oxygens (including phenoxy) is 1. The zero-order valence-corrected chi connectivity index (χ0v) is 12.6. The molecule has 0 aliphatic rings. The number of fused-ring (bicyclic) bond motifs is 1. The number of hydrogen-bond acceptors (Lipinski definition) is 4. The summed E-state index contributed by atoms with van der Waals surface area (Å²) in [5.74, 6) is 1.28. The van der Waals surface area contributed by atoms with Gasteiger partial charge in [-0.05, 0) is 18.1 Å². The van der Waals surface area contributed by atoms with Crippen molar-refractivity contribution in [3.63, 3.8) is 0 Å². The summed E-state index contributed by atoms with van der Waals surface area (Å²) in [5, 5.41) is 4.09. The van der Waals surface area contributed by atoms with Crippen LogP contribution in [0.4, 0.5) is 0 Å². The molecule has 20 heavy (non-hydrogen) atoms. The normalized spacial score (nSPS) is 11.2. The summed E-state index contributed by atoms with van der Waals surface area (Å²) in [4.78, 5) is 9.20. The van der Waals surface area contributed by atoms with Crippen molar-refractivity contribution in [1.82, 2.24) is 9.97 Å². The maximum absolute atomic E-state index is 5.61. The minimum atomic E-state index is 0.430. The first-order valence-electron chi connectivity index (χ1n) is 6.58. The molecule has 3 nitrogen and oxygen atoms in total. The Morgan fingerprint density at radius 3 is 2.70 bits per heavy atom. The van der Waals surface area contributed by atoms with E-state index in [-0.39, 0.29) is 0 Å². The number of rotatable bonds is 3. The molecule has 2 aromatic heterocycles. The summed E-state index contributed by atoms with van der Waals surface area (Å²) in [6.45, 7) is 4.30. The van der Waals surface area contributed by atoms with Crippen molar-refractivity contribution < 1.29 is 4.74 Å². The fraction of sp³-hybridized carbons (Fsp3) is 0.250. The third-order valence-corrected chi connectivity index (χ3v) is 4.17. The highest BCUT2D eigenvalue weighted by Gasteiger charge is 2.15. The van der Waals surface area contributed by atoms with E-state index in [0.717, 1.165) is 32.9 Å². The van der Waals surface area contributed by atoms with Gasteiger partial charge in [-0.1, -0.05) is 26.0 Å². The highest BCUT2D eigenvalue weighted by Crippen LogP contribution is 2.37. The second-order valence-electron chi connectivity index (χ2n) is 4.95. The number of para-hydroxylation sites is 1. The topological polar surface area (TPSA) is 35.0 Å². The molecular formula is C16H16N2OS. The third kappa shape index (κ3) is 2.16. The molecule has 0 radical (unpaired) electrons.